The van der Waals surface area contributed by atoms with Crippen molar-refractivity contribution in [1.82, 2.24) is 5.32 Å². The largest absolute Gasteiger partial charge is 0.469 e. The Morgan fingerprint density at radius 2 is 1.24 bits per heavy atom. The summed E-state index contributed by atoms with van der Waals surface area (Å²) in [5.74, 6) is -6.42. The van der Waals surface area contributed by atoms with Gasteiger partial charge in [0, 0.05) is 12.3 Å². The van der Waals surface area contributed by atoms with Gasteiger partial charge in [0.2, 0.25) is 5.91 Å². The Hall–Kier alpha value is -2.65. The third-order valence-electron chi connectivity index (χ3n) is 3.52. The van der Waals surface area contributed by atoms with E-state index in [9.17, 15) is 24.0 Å². The molecule has 25 heavy (non-hydrogen) atoms. The summed E-state index contributed by atoms with van der Waals surface area (Å²) in [5, 5.41) is 2.35. The van der Waals surface area contributed by atoms with E-state index in [1.807, 2.05) is 0 Å². The maximum Gasteiger partial charge on any atom is 0.328 e. The average molecular weight is 361 g/mol. The first-order chi connectivity index (χ1) is 11.7. The Bertz CT molecular complexity index is 501. The lowest BCUT2D eigenvalue weighted by Crippen LogP contribution is -2.51. The number of carbonyl (C=O) groups is 5. The molecular weight excluding hydrogens is 338 g/mol. The maximum absolute atomic E-state index is 12.0. The number of methoxy groups -OCH3 is 4. The second-order valence-corrected chi connectivity index (χ2v) is 5.03. The van der Waals surface area contributed by atoms with Crippen molar-refractivity contribution in [1.29, 1.82) is 0 Å². The van der Waals surface area contributed by atoms with Crippen LogP contribution in [0.15, 0.2) is 0 Å². The van der Waals surface area contributed by atoms with Gasteiger partial charge in [0.1, 0.15) is 6.04 Å². The van der Waals surface area contributed by atoms with Gasteiger partial charge >= 0.3 is 23.9 Å². The molecule has 0 rings (SSSR count). The molecule has 142 valence electrons. The maximum atomic E-state index is 12.0. The second kappa shape index (κ2) is 11.0. The summed E-state index contributed by atoms with van der Waals surface area (Å²) in [6, 6.07) is -1.32. The van der Waals surface area contributed by atoms with Gasteiger partial charge in [-0.3, -0.25) is 19.2 Å². The zero-order chi connectivity index (χ0) is 19.6. The van der Waals surface area contributed by atoms with Crippen LogP contribution in [0, 0.1) is 11.8 Å². The number of hydrogen-bond donors (Lipinski definition) is 1. The van der Waals surface area contributed by atoms with Gasteiger partial charge < -0.3 is 24.3 Å². The highest BCUT2D eigenvalue weighted by Crippen LogP contribution is 2.20. The Morgan fingerprint density at radius 1 is 0.760 bits per heavy atom. The number of amides is 1. The van der Waals surface area contributed by atoms with Gasteiger partial charge in [-0.05, 0) is 0 Å². The fourth-order valence-corrected chi connectivity index (χ4v) is 2.07. The molecule has 1 amide bonds. The van der Waals surface area contributed by atoms with Crippen LogP contribution in [-0.4, -0.2) is 64.3 Å². The fourth-order valence-electron chi connectivity index (χ4n) is 2.07. The van der Waals surface area contributed by atoms with Crippen molar-refractivity contribution in [2.45, 2.75) is 25.8 Å². The molecule has 0 radical (unpaired) electrons. The van der Waals surface area contributed by atoms with Gasteiger partial charge in [-0.25, -0.2) is 4.79 Å². The number of hydrogen-bond acceptors (Lipinski definition) is 9. The molecular formula is C15H23NO9. The number of ether oxygens (including phenoxy) is 4. The van der Waals surface area contributed by atoms with Gasteiger partial charge in [-0.1, -0.05) is 6.92 Å². The average Bonchev–Trinajstić information content (AvgIpc) is 2.62. The minimum Gasteiger partial charge on any atom is -0.469 e. The summed E-state index contributed by atoms with van der Waals surface area (Å²) in [7, 11) is 4.42. The molecule has 0 aromatic carbocycles. The Kier molecular flexibility index (Phi) is 9.83. The molecule has 0 aromatic rings. The highest BCUT2D eigenvalue weighted by Gasteiger charge is 2.42. The van der Waals surface area contributed by atoms with E-state index >= 15 is 0 Å². The Morgan fingerprint density at radius 3 is 1.64 bits per heavy atom. The SMILES string of the molecule is COC(=O)CCC(=O)N[C@@H](C(=O)OC)[C@@H](C)C(C(=O)OC)C(=O)OC. The van der Waals surface area contributed by atoms with E-state index in [0.29, 0.717) is 0 Å². The summed E-state index contributed by atoms with van der Waals surface area (Å²) < 4.78 is 18.1. The molecule has 0 saturated heterocycles. The van der Waals surface area contributed by atoms with Gasteiger partial charge in [0.05, 0.1) is 34.9 Å². The third kappa shape index (κ3) is 6.77. The Balaban J connectivity index is 5.31. The van der Waals surface area contributed by atoms with Crippen molar-refractivity contribution in [3.63, 3.8) is 0 Å². The van der Waals surface area contributed by atoms with E-state index in [4.69, 9.17) is 0 Å². The summed E-state index contributed by atoms with van der Waals surface area (Å²) >= 11 is 0. The fraction of sp³-hybridized carbons (Fsp3) is 0.667. The van der Waals surface area contributed by atoms with Gasteiger partial charge in [-0.15, -0.1) is 0 Å². The van der Waals surface area contributed by atoms with E-state index in [0.717, 1.165) is 21.3 Å². The number of rotatable bonds is 9. The van der Waals surface area contributed by atoms with Crippen molar-refractivity contribution in [2.75, 3.05) is 28.4 Å². The lowest BCUT2D eigenvalue weighted by molar-refractivity contribution is -0.163. The van der Waals surface area contributed by atoms with Gasteiger partial charge in [0.25, 0.3) is 0 Å². The van der Waals surface area contributed by atoms with Crippen molar-refractivity contribution in [3.8, 4) is 0 Å². The van der Waals surface area contributed by atoms with Crippen molar-refractivity contribution < 1.29 is 42.9 Å². The summed E-state index contributed by atoms with van der Waals surface area (Å²) in [6.07, 6.45) is -0.434. The molecule has 1 N–H and O–H groups in total. The zero-order valence-electron chi connectivity index (χ0n) is 14.8. The monoisotopic (exact) mass is 361 g/mol. The Labute approximate surface area is 145 Å². The molecule has 0 unspecified atom stereocenters. The standard InChI is InChI=1S/C15H23NO9/c1-8(11(13(19)23-3)14(20)24-4)12(15(21)25-5)16-9(17)6-7-10(18)22-2/h8,11-12H,6-7H2,1-5H3,(H,16,17)/t8-,12+/m0/s1. The molecule has 0 bridgehead atoms. The molecule has 10 nitrogen and oxygen atoms in total. The minimum atomic E-state index is -1.44. The molecule has 0 spiro atoms. The van der Waals surface area contributed by atoms with Crippen LogP contribution in [0.1, 0.15) is 19.8 Å². The predicted octanol–water partition coefficient (Wildman–Crippen LogP) is -0.804. The van der Waals surface area contributed by atoms with Crippen LogP contribution in [0.3, 0.4) is 0 Å². The van der Waals surface area contributed by atoms with Crippen LogP contribution < -0.4 is 5.32 Å². The van der Waals surface area contributed by atoms with Crippen LogP contribution in [0.25, 0.3) is 0 Å². The lowest BCUT2D eigenvalue weighted by Gasteiger charge is -2.27. The van der Waals surface area contributed by atoms with Crippen molar-refractivity contribution in [3.05, 3.63) is 0 Å². The van der Waals surface area contributed by atoms with E-state index in [1.54, 1.807) is 0 Å². The van der Waals surface area contributed by atoms with Crippen LogP contribution in [-0.2, 0) is 42.9 Å². The van der Waals surface area contributed by atoms with E-state index in [2.05, 4.69) is 24.3 Å². The van der Waals surface area contributed by atoms with E-state index in [1.165, 1.54) is 14.0 Å². The number of esters is 4. The number of carbonyl (C=O) groups excluding carboxylic acids is 5. The van der Waals surface area contributed by atoms with E-state index in [-0.39, 0.29) is 12.8 Å². The van der Waals surface area contributed by atoms with Crippen LogP contribution in [0.4, 0.5) is 0 Å². The molecule has 0 aromatic heterocycles. The normalized spacial score (nSPS) is 12.6. The van der Waals surface area contributed by atoms with Crippen LogP contribution in [0.5, 0.6) is 0 Å². The molecule has 0 heterocycles. The van der Waals surface area contributed by atoms with Crippen LogP contribution >= 0.6 is 0 Å². The lowest BCUT2D eigenvalue weighted by atomic mass is 9.87. The molecule has 2 atom stereocenters. The first-order valence-electron chi connectivity index (χ1n) is 7.33. The smallest absolute Gasteiger partial charge is 0.328 e. The topological polar surface area (TPSA) is 134 Å². The predicted molar refractivity (Wildman–Crippen MR) is 81.9 cm³/mol. The van der Waals surface area contributed by atoms with Gasteiger partial charge in [-0.2, -0.15) is 0 Å². The second-order valence-electron chi connectivity index (χ2n) is 5.03. The highest BCUT2D eigenvalue weighted by atomic mass is 16.5. The minimum absolute atomic E-state index is 0.192. The first-order valence-corrected chi connectivity index (χ1v) is 7.33. The molecule has 0 aliphatic heterocycles. The summed E-state index contributed by atoms with van der Waals surface area (Å²) in [5.41, 5.74) is 0. The molecule has 0 aliphatic carbocycles. The highest BCUT2D eigenvalue weighted by molar-refractivity contribution is 5.96. The zero-order valence-corrected chi connectivity index (χ0v) is 14.8. The molecule has 0 saturated carbocycles. The molecule has 0 aliphatic rings. The van der Waals surface area contributed by atoms with E-state index < -0.39 is 47.7 Å². The molecule has 0 fully saturated rings. The first kappa shape index (κ1) is 22.4. The summed E-state index contributed by atoms with van der Waals surface area (Å²) in [4.78, 5) is 58.7. The van der Waals surface area contributed by atoms with Crippen LogP contribution in [0.2, 0.25) is 0 Å². The van der Waals surface area contributed by atoms with Crippen molar-refractivity contribution >= 4 is 29.8 Å². The third-order valence-corrected chi connectivity index (χ3v) is 3.52. The number of nitrogens with one attached hydrogen (secondary N) is 1. The molecule has 10 heteroatoms. The van der Waals surface area contributed by atoms with Gasteiger partial charge in [0.15, 0.2) is 5.92 Å². The summed E-state index contributed by atoms with van der Waals surface area (Å²) in [6.45, 7) is 1.39. The quantitative estimate of drug-likeness (QED) is 0.318. The van der Waals surface area contributed by atoms with Crippen molar-refractivity contribution in [2.24, 2.45) is 11.8 Å².